The average molecular weight is 317 g/mol. The number of halogens is 2. The van der Waals surface area contributed by atoms with Gasteiger partial charge < -0.3 is 5.32 Å². The molecule has 1 aliphatic heterocycles. The van der Waals surface area contributed by atoms with Crippen molar-refractivity contribution in [3.05, 3.63) is 33.3 Å². The molecule has 1 unspecified atom stereocenters. The van der Waals surface area contributed by atoms with Gasteiger partial charge in [-0.1, -0.05) is 41.4 Å². The first-order valence-corrected chi connectivity index (χ1v) is 7.39. The van der Waals surface area contributed by atoms with Gasteiger partial charge in [0.05, 0.1) is 0 Å². The molecule has 1 fully saturated rings. The van der Waals surface area contributed by atoms with E-state index >= 15 is 0 Å². The lowest BCUT2D eigenvalue weighted by atomic mass is 9.80. The molecule has 17 heavy (non-hydrogen) atoms. The molecule has 0 radical (unpaired) electrons. The summed E-state index contributed by atoms with van der Waals surface area (Å²) in [5.74, 6) is 0.635. The summed E-state index contributed by atoms with van der Waals surface area (Å²) in [6, 6.07) is 6.05. The monoisotopic (exact) mass is 315 g/mol. The predicted octanol–water partition coefficient (Wildman–Crippen LogP) is 4.42. The third-order valence-corrected chi connectivity index (χ3v) is 4.90. The molecule has 0 amide bonds. The van der Waals surface area contributed by atoms with Gasteiger partial charge in [-0.3, -0.25) is 0 Å². The van der Waals surface area contributed by atoms with Gasteiger partial charge in [0.15, 0.2) is 0 Å². The summed E-state index contributed by atoms with van der Waals surface area (Å²) >= 11 is 9.71. The lowest BCUT2D eigenvalue weighted by Crippen LogP contribution is -2.46. The van der Waals surface area contributed by atoms with Gasteiger partial charge in [0.1, 0.15) is 0 Å². The fraction of sp³-hybridized carbons (Fsp3) is 0.571. The molecule has 1 nitrogen and oxygen atoms in total. The minimum Gasteiger partial charge on any atom is -0.311 e. The minimum atomic E-state index is 0.243. The normalized spacial score (nSPS) is 24.5. The van der Waals surface area contributed by atoms with Crippen molar-refractivity contribution in [2.24, 2.45) is 5.92 Å². The molecular formula is C14H19BrClN. The molecule has 0 aliphatic carbocycles. The van der Waals surface area contributed by atoms with Crippen molar-refractivity contribution in [1.82, 2.24) is 5.32 Å². The summed E-state index contributed by atoms with van der Waals surface area (Å²) in [7, 11) is 0. The highest BCUT2D eigenvalue weighted by atomic mass is 79.9. The van der Waals surface area contributed by atoms with Crippen LogP contribution in [0.3, 0.4) is 0 Å². The van der Waals surface area contributed by atoms with Crippen LogP contribution in [0, 0.1) is 5.92 Å². The third-order valence-electron chi connectivity index (χ3n) is 3.90. The highest BCUT2D eigenvalue weighted by molar-refractivity contribution is 9.10. The molecule has 1 aromatic carbocycles. The van der Waals surface area contributed by atoms with Gasteiger partial charge >= 0.3 is 0 Å². The molecular weight excluding hydrogens is 298 g/mol. The van der Waals surface area contributed by atoms with Crippen LogP contribution in [0.5, 0.6) is 0 Å². The standard InChI is InChI=1S/C14H19BrClN/c1-10(2)14(6-3-7-17-14)9-11-8-12(16)4-5-13(11)15/h4-5,8,10,17H,3,6-7,9H2,1-2H3. The first kappa shape index (κ1) is 13.4. The summed E-state index contributed by atoms with van der Waals surface area (Å²) < 4.78 is 1.16. The van der Waals surface area contributed by atoms with Crippen LogP contribution in [0.1, 0.15) is 32.3 Å². The lowest BCUT2D eigenvalue weighted by molar-refractivity contribution is 0.269. The second kappa shape index (κ2) is 5.29. The first-order valence-electron chi connectivity index (χ1n) is 6.22. The fourth-order valence-electron chi connectivity index (χ4n) is 2.70. The quantitative estimate of drug-likeness (QED) is 0.870. The van der Waals surface area contributed by atoms with Crippen molar-refractivity contribution in [3.63, 3.8) is 0 Å². The summed E-state index contributed by atoms with van der Waals surface area (Å²) in [5.41, 5.74) is 1.55. The van der Waals surface area contributed by atoms with Crippen molar-refractivity contribution in [1.29, 1.82) is 0 Å². The minimum absolute atomic E-state index is 0.243. The van der Waals surface area contributed by atoms with Crippen LogP contribution < -0.4 is 5.32 Å². The lowest BCUT2D eigenvalue weighted by Gasteiger charge is -2.34. The maximum absolute atomic E-state index is 6.09. The highest BCUT2D eigenvalue weighted by Gasteiger charge is 2.36. The molecule has 1 aliphatic rings. The third kappa shape index (κ3) is 2.86. The van der Waals surface area contributed by atoms with E-state index in [9.17, 15) is 0 Å². The van der Waals surface area contributed by atoms with Crippen LogP contribution in [-0.2, 0) is 6.42 Å². The largest absolute Gasteiger partial charge is 0.311 e. The van der Waals surface area contributed by atoms with Crippen LogP contribution in [0.4, 0.5) is 0 Å². The Labute approximate surface area is 117 Å². The van der Waals surface area contributed by atoms with E-state index in [1.165, 1.54) is 18.4 Å². The number of nitrogens with one attached hydrogen (secondary N) is 1. The molecule has 1 atom stereocenters. The highest BCUT2D eigenvalue weighted by Crippen LogP contribution is 2.34. The van der Waals surface area contributed by atoms with Crippen molar-refractivity contribution in [2.45, 2.75) is 38.6 Å². The molecule has 0 saturated carbocycles. The second-order valence-corrected chi connectivity index (χ2v) is 6.54. The van der Waals surface area contributed by atoms with Gasteiger partial charge in [-0.2, -0.15) is 0 Å². The number of benzene rings is 1. The molecule has 94 valence electrons. The summed E-state index contributed by atoms with van der Waals surface area (Å²) in [6.45, 7) is 5.74. The molecule has 0 aromatic heterocycles. The van der Waals surface area contributed by atoms with Gasteiger partial charge in [0, 0.05) is 15.0 Å². The SMILES string of the molecule is CC(C)C1(Cc2cc(Cl)ccc2Br)CCCN1. The molecule has 1 aromatic rings. The number of hydrogen-bond donors (Lipinski definition) is 1. The molecule has 1 heterocycles. The number of rotatable bonds is 3. The molecule has 2 rings (SSSR count). The second-order valence-electron chi connectivity index (χ2n) is 5.25. The van der Waals surface area contributed by atoms with Crippen LogP contribution in [0.2, 0.25) is 5.02 Å². The number of hydrogen-bond acceptors (Lipinski definition) is 1. The van der Waals surface area contributed by atoms with E-state index in [2.05, 4.69) is 41.2 Å². The summed E-state index contributed by atoms with van der Waals surface area (Å²) in [4.78, 5) is 0. The van der Waals surface area contributed by atoms with E-state index in [0.29, 0.717) is 5.92 Å². The summed E-state index contributed by atoms with van der Waals surface area (Å²) in [6.07, 6.45) is 3.58. The van der Waals surface area contributed by atoms with Crippen molar-refractivity contribution >= 4 is 27.5 Å². The van der Waals surface area contributed by atoms with Gasteiger partial charge in [0.25, 0.3) is 0 Å². The van der Waals surface area contributed by atoms with E-state index in [0.717, 1.165) is 22.5 Å². The Bertz CT molecular complexity index is 397. The Kier molecular flexibility index (Phi) is 4.17. The van der Waals surface area contributed by atoms with E-state index in [1.54, 1.807) is 0 Å². The Morgan fingerprint density at radius 3 is 2.82 bits per heavy atom. The molecule has 0 bridgehead atoms. The van der Waals surface area contributed by atoms with Crippen LogP contribution in [0.15, 0.2) is 22.7 Å². The van der Waals surface area contributed by atoms with Crippen LogP contribution in [0.25, 0.3) is 0 Å². The van der Waals surface area contributed by atoms with E-state index in [4.69, 9.17) is 11.6 Å². The first-order chi connectivity index (χ1) is 8.03. The average Bonchev–Trinajstić information content (AvgIpc) is 2.73. The smallest absolute Gasteiger partial charge is 0.0409 e. The Balaban J connectivity index is 2.26. The van der Waals surface area contributed by atoms with Gasteiger partial charge in [-0.15, -0.1) is 0 Å². The molecule has 1 saturated heterocycles. The maximum atomic E-state index is 6.09. The van der Waals surface area contributed by atoms with Gasteiger partial charge in [0.2, 0.25) is 0 Å². The topological polar surface area (TPSA) is 12.0 Å². The van der Waals surface area contributed by atoms with E-state index < -0.39 is 0 Å². The van der Waals surface area contributed by atoms with Crippen LogP contribution in [-0.4, -0.2) is 12.1 Å². The fourth-order valence-corrected chi connectivity index (χ4v) is 3.28. The Morgan fingerprint density at radius 1 is 1.47 bits per heavy atom. The Morgan fingerprint density at radius 2 is 2.24 bits per heavy atom. The predicted molar refractivity (Wildman–Crippen MR) is 77.7 cm³/mol. The molecule has 0 spiro atoms. The van der Waals surface area contributed by atoms with Gasteiger partial charge in [-0.05, 0) is 55.5 Å². The van der Waals surface area contributed by atoms with Crippen molar-refractivity contribution in [2.75, 3.05) is 6.54 Å². The van der Waals surface area contributed by atoms with E-state index in [1.807, 2.05) is 12.1 Å². The maximum Gasteiger partial charge on any atom is 0.0409 e. The molecule has 3 heteroatoms. The van der Waals surface area contributed by atoms with Crippen molar-refractivity contribution in [3.8, 4) is 0 Å². The molecule has 1 N–H and O–H groups in total. The van der Waals surface area contributed by atoms with Gasteiger partial charge in [-0.25, -0.2) is 0 Å². The Hall–Kier alpha value is -0.0500. The summed E-state index contributed by atoms with van der Waals surface area (Å²) in [5, 5.41) is 4.52. The van der Waals surface area contributed by atoms with Crippen LogP contribution >= 0.6 is 27.5 Å². The zero-order valence-corrected chi connectivity index (χ0v) is 12.7. The zero-order chi connectivity index (χ0) is 12.5. The zero-order valence-electron chi connectivity index (χ0n) is 10.4. The van der Waals surface area contributed by atoms with Crippen molar-refractivity contribution < 1.29 is 0 Å². The van der Waals surface area contributed by atoms with E-state index in [-0.39, 0.29) is 5.54 Å².